The highest BCUT2D eigenvalue weighted by Crippen LogP contribution is 2.28. The van der Waals surface area contributed by atoms with Crippen molar-refractivity contribution in [3.63, 3.8) is 0 Å². The van der Waals surface area contributed by atoms with Crippen LogP contribution in [0.1, 0.15) is 49.0 Å². The first kappa shape index (κ1) is 15.1. The van der Waals surface area contributed by atoms with E-state index in [0.29, 0.717) is 38.3 Å². The van der Waals surface area contributed by atoms with Gasteiger partial charge in [-0.05, 0) is 18.4 Å². The fraction of sp³-hybridized carbons (Fsp3) is 0.688. The Morgan fingerprint density at radius 3 is 2.45 bits per heavy atom. The zero-order chi connectivity index (χ0) is 15.4. The minimum atomic E-state index is -0.0319. The Morgan fingerprint density at radius 2 is 1.82 bits per heavy atom. The Hall–Kier alpha value is -1.85. The van der Waals surface area contributed by atoms with Crippen molar-refractivity contribution < 1.29 is 9.59 Å². The maximum atomic E-state index is 12.3. The highest BCUT2D eigenvalue weighted by atomic mass is 16.2. The number of aromatic amines is 1. The van der Waals surface area contributed by atoms with Crippen molar-refractivity contribution in [1.29, 1.82) is 0 Å². The molecule has 1 aliphatic carbocycles. The average Bonchev–Trinajstić information content (AvgIpc) is 3.25. The summed E-state index contributed by atoms with van der Waals surface area (Å²) >= 11 is 0. The lowest BCUT2D eigenvalue weighted by atomic mass is 10.0. The second kappa shape index (κ2) is 6.94. The number of H-pyrrole nitrogens is 1. The van der Waals surface area contributed by atoms with Gasteiger partial charge in [0.2, 0.25) is 5.91 Å². The Balaban J connectivity index is 1.42. The Kier molecular flexibility index (Phi) is 4.75. The molecule has 2 fully saturated rings. The minimum absolute atomic E-state index is 0.0319. The number of hydrogen-bond acceptors (Lipinski definition) is 3. The smallest absolute Gasteiger partial charge is 0.271 e. The minimum Gasteiger partial charge on any atom is -0.339 e. The highest BCUT2D eigenvalue weighted by Gasteiger charge is 2.26. The van der Waals surface area contributed by atoms with Crippen molar-refractivity contribution in [3.05, 3.63) is 18.0 Å². The zero-order valence-corrected chi connectivity index (χ0v) is 13.0. The lowest BCUT2D eigenvalue weighted by Gasteiger charge is -2.34. The molecule has 22 heavy (non-hydrogen) atoms. The summed E-state index contributed by atoms with van der Waals surface area (Å²) in [5, 5.41) is 6.50. The van der Waals surface area contributed by atoms with Crippen molar-refractivity contribution >= 4 is 11.8 Å². The van der Waals surface area contributed by atoms with Crippen LogP contribution in [0.3, 0.4) is 0 Å². The average molecular weight is 304 g/mol. The maximum Gasteiger partial charge on any atom is 0.271 e. The molecule has 1 saturated carbocycles. The van der Waals surface area contributed by atoms with E-state index >= 15 is 0 Å². The third-order valence-corrected chi connectivity index (χ3v) is 4.89. The molecule has 0 atom stereocenters. The zero-order valence-electron chi connectivity index (χ0n) is 13.0. The first-order valence-electron chi connectivity index (χ1n) is 8.30. The van der Waals surface area contributed by atoms with Gasteiger partial charge in [-0.15, -0.1) is 0 Å². The molecule has 0 bridgehead atoms. The Morgan fingerprint density at radius 1 is 1.14 bits per heavy atom. The molecule has 1 aromatic rings. The summed E-state index contributed by atoms with van der Waals surface area (Å²) in [7, 11) is 0. The van der Waals surface area contributed by atoms with Gasteiger partial charge in [0.05, 0.1) is 0 Å². The van der Waals surface area contributed by atoms with Crippen LogP contribution in [0.4, 0.5) is 0 Å². The van der Waals surface area contributed by atoms with Crippen molar-refractivity contribution in [3.8, 4) is 0 Å². The van der Waals surface area contributed by atoms with E-state index in [2.05, 4.69) is 10.2 Å². The van der Waals surface area contributed by atoms with Crippen molar-refractivity contribution in [1.82, 2.24) is 20.0 Å². The molecule has 2 amide bonds. The molecule has 1 aromatic heterocycles. The molecule has 3 rings (SSSR count). The predicted molar refractivity (Wildman–Crippen MR) is 82.3 cm³/mol. The summed E-state index contributed by atoms with van der Waals surface area (Å²) in [6.07, 6.45) is 8.52. The van der Waals surface area contributed by atoms with Gasteiger partial charge in [0.25, 0.3) is 5.91 Å². The number of carbonyl (C=O) groups is 2. The van der Waals surface area contributed by atoms with Gasteiger partial charge in [-0.25, -0.2) is 0 Å². The molecule has 0 spiro atoms. The molecule has 6 heteroatoms. The summed E-state index contributed by atoms with van der Waals surface area (Å²) in [4.78, 5) is 28.1. The van der Waals surface area contributed by atoms with Crippen LogP contribution in [0.15, 0.2) is 12.3 Å². The van der Waals surface area contributed by atoms with E-state index in [9.17, 15) is 9.59 Å². The van der Waals surface area contributed by atoms with Gasteiger partial charge in [-0.3, -0.25) is 14.7 Å². The predicted octanol–water partition coefficient (Wildman–Crippen LogP) is 1.66. The lowest BCUT2D eigenvalue weighted by Crippen LogP contribution is -2.50. The quantitative estimate of drug-likeness (QED) is 0.920. The molecule has 120 valence electrons. The highest BCUT2D eigenvalue weighted by molar-refractivity contribution is 5.92. The third-order valence-electron chi connectivity index (χ3n) is 4.89. The van der Waals surface area contributed by atoms with Crippen LogP contribution in [-0.4, -0.2) is 58.0 Å². The molecular formula is C16H24N4O2. The monoisotopic (exact) mass is 304 g/mol. The summed E-state index contributed by atoms with van der Waals surface area (Å²) < 4.78 is 0. The molecule has 0 unspecified atom stereocenters. The van der Waals surface area contributed by atoms with E-state index in [1.165, 1.54) is 25.7 Å². The van der Waals surface area contributed by atoms with Crippen LogP contribution in [0.2, 0.25) is 0 Å². The molecule has 1 aliphatic heterocycles. The van der Waals surface area contributed by atoms with E-state index in [4.69, 9.17) is 0 Å². The fourth-order valence-electron chi connectivity index (χ4n) is 3.49. The van der Waals surface area contributed by atoms with Gasteiger partial charge < -0.3 is 9.80 Å². The van der Waals surface area contributed by atoms with Crippen molar-refractivity contribution in [2.24, 2.45) is 5.92 Å². The number of piperazine rings is 1. The van der Waals surface area contributed by atoms with Crippen molar-refractivity contribution in [2.75, 3.05) is 26.2 Å². The first-order valence-corrected chi connectivity index (χ1v) is 8.30. The number of nitrogens with zero attached hydrogens (tertiary/aromatic N) is 3. The van der Waals surface area contributed by atoms with Gasteiger partial charge in [-0.1, -0.05) is 25.7 Å². The third kappa shape index (κ3) is 3.48. The molecule has 0 aromatic carbocycles. The number of rotatable bonds is 4. The van der Waals surface area contributed by atoms with Crippen LogP contribution in [0, 0.1) is 5.92 Å². The van der Waals surface area contributed by atoms with E-state index in [0.717, 1.165) is 12.3 Å². The molecule has 2 aliphatic rings. The second-order valence-electron chi connectivity index (χ2n) is 6.33. The molecule has 1 N–H and O–H groups in total. The van der Waals surface area contributed by atoms with Crippen LogP contribution in [-0.2, 0) is 4.79 Å². The first-order chi connectivity index (χ1) is 10.7. The normalized spacial score (nSPS) is 19.6. The number of hydrogen-bond donors (Lipinski definition) is 1. The molecule has 6 nitrogen and oxygen atoms in total. The van der Waals surface area contributed by atoms with Crippen LogP contribution in [0.5, 0.6) is 0 Å². The Labute approximate surface area is 130 Å². The molecule has 0 radical (unpaired) electrons. The van der Waals surface area contributed by atoms with Crippen molar-refractivity contribution in [2.45, 2.75) is 38.5 Å². The maximum absolute atomic E-state index is 12.3. The summed E-state index contributed by atoms with van der Waals surface area (Å²) in [6, 6.07) is 1.68. The van der Waals surface area contributed by atoms with Crippen LogP contribution in [0.25, 0.3) is 0 Å². The van der Waals surface area contributed by atoms with E-state index in [1.807, 2.05) is 4.90 Å². The largest absolute Gasteiger partial charge is 0.339 e. The van der Waals surface area contributed by atoms with Gasteiger partial charge in [0, 0.05) is 38.8 Å². The summed E-state index contributed by atoms with van der Waals surface area (Å²) in [6.45, 7) is 2.49. The molecule has 2 heterocycles. The van der Waals surface area contributed by atoms with Gasteiger partial charge in [-0.2, -0.15) is 5.10 Å². The number of carbonyl (C=O) groups excluding carboxylic acids is 2. The number of nitrogens with one attached hydrogen (secondary N) is 1. The summed E-state index contributed by atoms with van der Waals surface area (Å²) in [5.41, 5.74) is 0.515. The second-order valence-corrected chi connectivity index (χ2v) is 6.33. The standard InChI is InChI=1S/C16H24N4O2/c21-15(6-5-13-3-1-2-4-13)19-9-11-20(12-10-19)16(22)14-7-8-17-18-14/h7-8,13H,1-6,9-12H2,(H,17,18). The lowest BCUT2D eigenvalue weighted by molar-refractivity contribution is -0.133. The SMILES string of the molecule is O=C(CCC1CCCC1)N1CCN(C(=O)c2ccn[nH]2)CC1. The van der Waals surface area contributed by atoms with Gasteiger partial charge in [0.15, 0.2) is 0 Å². The Bertz CT molecular complexity index is 500. The topological polar surface area (TPSA) is 69.3 Å². The van der Waals surface area contributed by atoms with Crippen LogP contribution < -0.4 is 0 Å². The van der Waals surface area contributed by atoms with E-state index in [1.54, 1.807) is 17.2 Å². The van der Waals surface area contributed by atoms with Crippen LogP contribution >= 0.6 is 0 Å². The van der Waals surface area contributed by atoms with Gasteiger partial charge in [0.1, 0.15) is 5.69 Å². The number of aromatic nitrogens is 2. The fourth-order valence-corrected chi connectivity index (χ4v) is 3.49. The molecule has 1 saturated heterocycles. The number of amides is 2. The van der Waals surface area contributed by atoms with E-state index < -0.39 is 0 Å². The van der Waals surface area contributed by atoms with Gasteiger partial charge >= 0.3 is 0 Å². The van der Waals surface area contributed by atoms with E-state index in [-0.39, 0.29) is 11.8 Å². The summed E-state index contributed by atoms with van der Waals surface area (Å²) in [5.74, 6) is 0.975. The molecular weight excluding hydrogens is 280 g/mol.